The van der Waals surface area contributed by atoms with Crippen molar-refractivity contribution in [3.8, 4) is 0 Å². The van der Waals surface area contributed by atoms with Crippen LogP contribution >= 0.6 is 33.2 Å². The summed E-state index contributed by atoms with van der Waals surface area (Å²) in [5, 5.41) is 1.28. The van der Waals surface area contributed by atoms with E-state index in [1.165, 1.54) is 6.92 Å². The van der Waals surface area contributed by atoms with Crippen molar-refractivity contribution in [2.45, 2.75) is 16.7 Å². The molecule has 0 atom stereocenters. The fraction of sp³-hybridized carbons (Fsp3) is 0.222. The van der Waals surface area contributed by atoms with Gasteiger partial charge in [-0.15, -0.1) is 0 Å². The molecule has 0 heterocycles. The third-order valence-electron chi connectivity index (χ3n) is 3.55. The Morgan fingerprint density at radius 1 is 0.917 bits per heavy atom. The van der Waals surface area contributed by atoms with Crippen molar-refractivity contribution >= 4 is 45.0 Å². The molecule has 128 valence electrons. The minimum Gasteiger partial charge on any atom is -0.458 e. The van der Waals surface area contributed by atoms with E-state index < -0.39 is 16.0 Å². The fourth-order valence-corrected chi connectivity index (χ4v) is 5.38. The summed E-state index contributed by atoms with van der Waals surface area (Å²) in [6.45, 7) is 1.08. The van der Waals surface area contributed by atoms with Crippen LogP contribution in [0.1, 0.15) is 6.92 Å². The molecule has 0 spiro atoms. The molecule has 0 bridgehead atoms. The van der Waals surface area contributed by atoms with Gasteiger partial charge in [0, 0.05) is 22.7 Å². The molecule has 0 unspecified atom stereocenters. The first-order chi connectivity index (χ1) is 11.3. The van der Waals surface area contributed by atoms with E-state index in [4.69, 9.17) is 27.9 Å². The molecule has 0 aliphatic heterocycles. The number of rotatable bonds is 6. The van der Waals surface area contributed by atoms with Crippen LogP contribution in [0, 0.1) is 0 Å². The Labute approximate surface area is 153 Å². The Bertz CT molecular complexity index is 681. The van der Waals surface area contributed by atoms with Crippen LogP contribution in [-0.2, 0) is 14.3 Å². The highest BCUT2D eigenvalue weighted by Crippen LogP contribution is 2.59. The van der Waals surface area contributed by atoms with E-state index in [1.54, 1.807) is 0 Å². The second kappa shape index (κ2) is 8.06. The van der Waals surface area contributed by atoms with Crippen molar-refractivity contribution in [3.63, 3.8) is 0 Å². The molecular weight excluding hydrogens is 367 g/mol. The zero-order chi connectivity index (χ0) is 17.7. The van der Waals surface area contributed by atoms with E-state index in [0.29, 0.717) is 10.0 Å². The van der Waals surface area contributed by atoms with Gasteiger partial charge in [-0.2, -0.15) is 10.0 Å². The molecular formula is C18H18Cl2O3S. The number of esters is 1. The molecule has 0 radical (unpaired) electrons. The minimum atomic E-state index is -1.64. The molecule has 6 heteroatoms. The van der Waals surface area contributed by atoms with E-state index in [1.807, 2.05) is 48.5 Å². The quantitative estimate of drug-likeness (QED) is 0.659. The number of hydrogen-bond acceptors (Lipinski definition) is 3. The number of ketones is 1. The summed E-state index contributed by atoms with van der Waals surface area (Å²) in [5.74, 6) is -0.297. The van der Waals surface area contributed by atoms with Gasteiger partial charge in [-0.05, 0) is 64.6 Å². The minimum absolute atomic E-state index is 0.118. The summed E-state index contributed by atoms with van der Waals surface area (Å²) < 4.78 is 4.84. The highest BCUT2D eigenvalue weighted by molar-refractivity contribution is 8.33. The number of benzene rings is 2. The zero-order valence-electron chi connectivity index (χ0n) is 13.4. The first kappa shape index (κ1) is 18.8. The number of halogens is 2. The summed E-state index contributed by atoms with van der Waals surface area (Å²) in [6.07, 6.45) is 2.06. The molecule has 24 heavy (non-hydrogen) atoms. The zero-order valence-corrected chi connectivity index (χ0v) is 15.8. The van der Waals surface area contributed by atoms with E-state index in [9.17, 15) is 9.59 Å². The smallest absolute Gasteiger partial charge is 0.303 e. The number of carbonyl (C=O) groups excluding carboxylic acids is 2. The van der Waals surface area contributed by atoms with Gasteiger partial charge in [-0.3, -0.25) is 9.59 Å². The van der Waals surface area contributed by atoms with Gasteiger partial charge in [-0.25, -0.2) is 0 Å². The monoisotopic (exact) mass is 384 g/mol. The van der Waals surface area contributed by atoms with Crippen LogP contribution < -0.4 is 0 Å². The Kier molecular flexibility index (Phi) is 6.33. The standard InChI is InChI=1S/C18H18Cl2O3S/c1-13(21)23-11-16(22)12-24(2,17-7-3-14(19)4-8-17)18-9-5-15(20)6-10-18/h3-10H,11-12H2,1-2H3. The van der Waals surface area contributed by atoms with Crippen LogP contribution in [-0.4, -0.2) is 30.4 Å². The molecule has 0 aliphatic rings. The molecule has 0 aliphatic carbocycles. The lowest BCUT2D eigenvalue weighted by Gasteiger charge is -2.36. The van der Waals surface area contributed by atoms with Gasteiger partial charge >= 0.3 is 5.97 Å². The Hall–Kier alpha value is -1.49. The maximum absolute atomic E-state index is 12.3. The average Bonchev–Trinajstić information content (AvgIpc) is 2.54. The summed E-state index contributed by atoms with van der Waals surface area (Å²) in [4.78, 5) is 25.3. The Morgan fingerprint density at radius 2 is 1.33 bits per heavy atom. The molecule has 2 rings (SSSR count). The predicted molar refractivity (Wildman–Crippen MR) is 99.5 cm³/mol. The van der Waals surface area contributed by atoms with E-state index in [2.05, 4.69) is 6.26 Å². The van der Waals surface area contributed by atoms with Gasteiger partial charge in [0.05, 0.1) is 0 Å². The van der Waals surface area contributed by atoms with E-state index in [0.717, 1.165) is 9.79 Å². The lowest BCUT2D eigenvalue weighted by atomic mass is 10.4. The van der Waals surface area contributed by atoms with E-state index in [-0.39, 0.29) is 18.1 Å². The first-order valence-electron chi connectivity index (χ1n) is 7.23. The Morgan fingerprint density at radius 3 is 1.71 bits per heavy atom. The molecule has 0 N–H and O–H groups in total. The number of Topliss-reactive ketones (excluding diaryl/α,β-unsaturated/α-hetero) is 1. The van der Waals surface area contributed by atoms with Gasteiger partial charge in [-0.1, -0.05) is 23.2 Å². The van der Waals surface area contributed by atoms with Crippen LogP contribution in [0.2, 0.25) is 10.0 Å². The topological polar surface area (TPSA) is 43.4 Å². The molecule has 2 aromatic carbocycles. The fourth-order valence-electron chi connectivity index (χ4n) is 2.32. The third-order valence-corrected chi connectivity index (χ3v) is 7.58. The van der Waals surface area contributed by atoms with Crippen LogP contribution in [0.4, 0.5) is 0 Å². The van der Waals surface area contributed by atoms with Crippen LogP contribution in [0.25, 0.3) is 0 Å². The van der Waals surface area contributed by atoms with Gasteiger partial charge in [0.15, 0.2) is 12.4 Å². The second-order valence-electron chi connectivity index (χ2n) is 5.46. The van der Waals surface area contributed by atoms with Crippen LogP contribution in [0.5, 0.6) is 0 Å². The van der Waals surface area contributed by atoms with Gasteiger partial charge in [0.25, 0.3) is 0 Å². The first-order valence-corrected chi connectivity index (χ1v) is 10.2. The van der Waals surface area contributed by atoms with Gasteiger partial charge < -0.3 is 4.74 Å². The highest BCUT2D eigenvalue weighted by atomic mass is 35.5. The summed E-state index contributed by atoms with van der Waals surface area (Å²) in [7, 11) is -1.64. The van der Waals surface area contributed by atoms with Crippen molar-refractivity contribution < 1.29 is 14.3 Å². The normalized spacial score (nSPS) is 11.8. The summed E-state index contributed by atoms with van der Waals surface area (Å²) in [6, 6.07) is 15.0. The largest absolute Gasteiger partial charge is 0.458 e. The highest BCUT2D eigenvalue weighted by Gasteiger charge is 2.27. The summed E-state index contributed by atoms with van der Waals surface area (Å²) >= 11 is 12.0. The maximum Gasteiger partial charge on any atom is 0.303 e. The van der Waals surface area contributed by atoms with Crippen molar-refractivity contribution in [2.24, 2.45) is 0 Å². The molecule has 0 aromatic heterocycles. The summed E-state index contributed by atoms with van der Waals surface area (Å²) in [5.41, 5.74) is 0. The molecule has 0 amide bonds. The maximum atomic E-state index is 12.3. The second-order valence-corrected chi connectivity index (χ2v) is 9.74. The van der Waals surface area contributed by atoms with Crippen LogP contribution in [0.3, 0.4) is 0 Å². The van der Waals surface area contributed by atoms with Gasteiger partial charge in [0.1, 0.15) is 0 Å². The number of ether oxygens (including phenoxy) is 1. The molecule has 0 fully saturated rings. The average molecular weight is 385 g/mol. The van der Waals surface area contributed by atoms with Crippen molar-refractivity contribution in [1.29, 1.82) is 0 Å². The van der Waals surface area contributed by atoms with Crippen molar-refractivity contribution in [3.05, 3.63) is 58.6 Å². The number of hydrogen-bond donors (Lipinski definition) is 0. The third kappa shape index (κ3) is 4.76. The van der Waals surface area contributed by atoms with Crippen molar-refractivity contribution in [1.82, 2.24) is 0 Å². The van der Waals surface area contributed by atoms with Gasteiger partial charge in [0.2, 0.25) is 0 Å². The van der Waals surface area contributed by atoms with Crippen LogP contribution in [0.15, 0.2) is 58.3 Å². The predicted octanol–water partition coefficient (Wildman–Crippen LogP) is 4.98. The molecule has 2 aromatic rings. The lowest BCUT2D eigenvalue weighted by molar-refractivity contribution is -0.145. The van der Waals surface area contributed by atoms with E-state index >= 15 is 0 Å². The lowest BCUT2D eigenvalue weighted by Crippen LogP contribution is -2.20. The molecule has 0 saturated carbocycles. The number of carbonyl (C=O) groups is 2. The van der Waals surface area contributed by atoms with Crippen molar-refractivity contribution in [2.75, 3.05) is 18.6 Å². The SMILES string of the molecule is CC(=O)OCC(=O)CS(C)(c1ccc(Cl)cc1)c1ccc(Cl)cc1. The Balaban J connectivity index is 2.37. The molecule has 3 nitrogen and oxygen atoms in total. The molecule has 0 saturated heterocycles.